The van der Waals surface area contributed by atoms with Crippen molar-refractivity contribution in [2.24, 2.45) is 0 Å². The lowest BCUT2D eigenvalue weighted by molar-refractivity contribution is 0.615. The fourth-order valence-electron chi connectivity index (χ4n) is 2.37. The molecule has 1 fully saturated rings. The summed E-state index contributed by atoms with van der Waals surface area (Å²) in [6, 6.07) is 6.17. The van der Waals surface area contributed by atoms with Crippen molar-refractivity contribution in [3.05, 3.63) is 45.9 Å². The van der Waals surface area contributed by atoms with Gasteiger partial charge >= 0.3 is 0 Å². The van der Waals surface area contributed by atoms with Gasteiger partial charge in [0, 0.05) is 15.5 Å². The minimum atomic E-state index is 0.387. The molecule has 0 unspecified atom stereocenters. The molecule has 0 radical (unpaired) electrons. The van der Waals surface area contributed by atoms with Crippen LogP contribution in [-0.4, -0.2) is 16.1 Å². The molecule has 0 amide bonds. The van der Waals surface area contributed by atoms with Crippen molar-refractivity contribution in [2.75, 3.05) is 6.54 Å². The molecule has 1 aliphatic rings. The van der Waals surface area contributed by atoms with Gasteiger partial charge in [-0.1, -0.05) is 11.6 Å². The molecule has 1 N–H and O–H groups in total. The Kier molecular flexibility index (Phi) is 3.41. The molecule has 1 aromatic heterocycles. The summed E-state index contributed by atoms with van der Waals surface area (Å²) in [5, 5.41) is 4.22. The van der Waals surface area contributed by atoms with Gasteiger partial charge in [-0.15, -0.1) is 0 Å². The first kappa shape index (κ1) is 12.2. The van der Waals surface area contributed by atoms with E-state index >= 15 is 0 Å². The lowest BCUT2D eigenvalue weighted by atomic mass is 10.1. The molecule has 0 spiro atoms. The summed E-state index contributed by atoms with van der Waals surface area (Å²) in [4.78, 5) is 4.27. The standard InChI is InChI=1S/C13H13BrClN3/c14-10-4-3-9(15)6-12(10)18-8-16-7-13(18)11-2-1-5-17-11/h3-4,6-8,11,17H,1-2,5H2/t11-/m0/s1. The van der Waals surface area contributed by atoms with Gasteiger partial charge in [0.2, 0.25) is 0 Å². The zero-order valence-electron chi connectivity index (χ0n) is 9.74. The SMILES string of the molecule is Clc1ccc(Br)c(-n2cncc2[C@@H]2CCCN2)c1. The number of rotatable bonds is 2. The molecular formula is C13H13BrClN3. The van der Waals surface area contributed by atoms with Crippen LogP contribution < -0.4 is 5.32 Å². The summed E-state index contributed by atoms with van der Waals surface area (Å²) >= 11 is 9.64. The van der Waals surface area contributed by atoms with Crippen LogP contribution in [0.25, 0.3) is 5.69 Å². The van der Waals surface area contributed by atoms with Gasteiger partial charge in [0.25, 0.3) is 0 Å². The highest BCUT2D eigenvalue weighted by Gasteiger charge is 2.21. The Hall–Kier alpha value is -0.840. The van der Waals surface area contributed by atoms with Crippen LogP contribution >= 0.6 is 27.5 Å². The second-order valence-electron chi connectivity index (χ2n) is 4.43. The number of hydrogen-bond acceptors (Lipinski definition) is 2. The van der Waals surface area contributed by atoms with E-state index in [1.807, 2.05) is 30.7 Å². The van der Waals surface area contributed by atoms with Crippen molar-refractivity contribution < 1.29 is 0 Å². The maximum atomic E-state index is 6.08. The molecule has 94 valence electrons. The zero-order chi connectivity index (χ0) is 12.5. The Morgan fingerprint density at radius 3 is 3.11 bits per heavy atom. The van der Waals surface area contributed by atoms with Gasteiger partial charge in [-0.2, -0.15) is 0 Å². The number of nitrogens with zero attached hydrogens (tertiary/aromatic N) is 2. The predicted octanol–water partition coefficient (Wildman–Crippen LogP) is 3.71. The fraction of sp³-hybridized carbons (Fsp3) is 0.308. The monoisotopic (exact) mass is 325 g/mol. The van der Waals surface area contributed by atoms with Crippen LogP contribution in [0.15, 0.2) is 35.2 Å². The van der Waals surface area contributed by atoms with Crippen molar-refractivity contribution in [2.45, 2.75) is 18.9 Å². The number of benzene rings is 1. The molecule has 18 heavy (non-hydrogen) atoms. The third-order valence-corrected chi connectivity index (χ3v) is 4.16. The average Bonchev–Trinajstić information content (AvgIpc) is 3.00. The molecule has 1 saturated heterocycles. The lowest BCUT2D eigenvalue weighted by Gasteiger charge is -2.15. The van der Waals surface area contributed by atoms with E-state index in [1.165, 1.54) is 12.1 Å². The molecular weight excluding hydrogens is 314 g/mol. The van der Waals surface area contributed by atoms with Gasteiger partial charge in [-0.3, -0.25) is 0 Å². The van der Waals surface area contributed by atoms with Crippen LogP contribution in [0.4, 0.5) is 0 Å². The summed E-state index contributed by atoms with van der Waals surface area (Å²) < 4.78 is 3.11. The molecule has 2 heterocycles. The second kappa shape index (κ2) is 5.03. The van der Waals surface area contributed by atoms with Crippen molar-refractivity contribution in [3.8, 4) is 5.69 Å². The molecule has 3 rings (SSSR count). The first-order valence-electron chi connectivity index (χ1n) is 5.97. The maximum Gasteiger partial charge on any atom is 0.0995 e. The van der Waals surface area contributed by atoms with E-state index < -0.39 is 0 Å². The number of hydrogen-bond donors (Lipinski definition) is 1. The van der Waals surface area contributed by atoms with Crippen LogP contribution in [0.5, 0.6) is 0 Å². The van der Waals surface area contributed by atoms with Crippen molar-refractivity contribution in [1.82, 2.24) is 14.9 Å². The second-order valence-corrected chi connectivity index (χ2v) is 5.72. The third kappa shape index (κ3) is 2.20. The Balaban J connectivity index is 2.06. The quantitative estimate of drug-likeness (QED) is 0.911. The van der Waals surface area contributed by atoms with Crippen LogP contribution in [-0.2, 0) is 0 Å². The van der Waals surface area contributed by atoms with Gasteiger partial charge in [0.05, 0.1) is 23.9 Å². The Morgan fingerprint density at radius 2 is 2.33 bits per heavy atom. The van der Waals surface area contributed by atoms with E-state index in [1.54, 1.807) is 0 Å². The molecule has 1 aromatic carbocycles. The molecule has 1 aliphatic heterocycles. The molecule has 1 atom stereocenters. The average molecular weight is 327 g/mol. The number of halogens is 2. The summed E-state index contributed by atoms with van der Waals surface area (Å²) in [6.45, 7) is 1.08. The van der Waals surface area contributed by atoms with E-state index in [9.17, 15) is 0 Å². The third-order valence-electron chi connectivity index (χ3n) is 3.25. The van der Waals surface area contributed by atoms with Crippen LogP contribution in [0.2, 0.25) is 5.02 Å². The maximum absolute atomic E-state index is 6.08. The molecule has 0 aliphatic carbocycles. The fourth-order valence-corrected chi connectivity index (χ4v) is 2.98. The zero-order valence-corrected chi connectivity index (χ0v) is 12.1. The summed E-state index contributed by atoms with van der Waals surface area (Å²) in [5.74, 6) is 0. The van der Waals surface area contributed by atoms with Crippen LogP contribution in [0.3, 0.4) is 0 Å². The highest BCUT2D eigenvalue weighted by Crippen LogP contribution is 2.30. The Labute approximate surface area is 119 Å². The van der Waals surface area contributed by atoms with Crippen molar-refractivity contribution in [1.29, 1.82) is 0 Å². The predicted molar refractivity (Wildman–Crippen MR) is 76.3 cm³/mol. The first-order chi connectivity index (χ1) is 8.75. The summed E-state index contributed by atoms with van der Waals surface area (Å²) in [6.07, 6.45) is 6.14. The van der Waals surface area contributed by atoms with Gasteiger partial charge in [0.1, 0.15) is 0 Å². The molecule has 2 aromatic rings. The smallest absolute Gasteiger partial charge is 0.0995 e. The van der Waals surface area contributed by atoms with Gasteiger partial charge in [-0.25, -0.2) is 4.98 Å². The number of aromatic nitrogens is 2. The lowest BCUT2D eigenvalue weighted by Crippen LogP contribution is -2.16. The summed E-state index contributed by atoms with van der Waals surface area (Å²) in [7, 11) is 0. The van der Waals surface area contributed by atoms with Crippen LogP contribution in [0, 0.1) is 0 Å². The minimum absolute atomic E-state index is 0.387. The topological polar surface area (TPSA) is 29.9 Å². The Morgan fingerprint density at radius 1 is 1.44 bits per heavy atom. The van der Waals surface area contributed by atoms with Gasteiger partial charge in [0.15, 0.2) is 0 Å². The van der Waals surface area contributed by atoms with E-state index in [4.69, 9.17) is 11.6 Å². The van der Waals surface area contributed by atoms with Gasteiger partial charge < -0.3 is 9.88 Å². The molecule has 3 nitrogen and oxygen atoms in total. The molecule has 5 heteroatoms. The number of nitrogens with one attached hydrogen (secondary N) is 1. The molecule has 0 bridgehead atoms. The largest absolute Gasteiger partial charge is 0.309 e. The highest BCUT2D eigenvalue weighted by atomic mass is 79.9. The molecule has 0 saturated carbocycles. The van der Waals surface area contributed by atoms with E-state index in [-0.39, 0.29) is 0 Å². The Bertz CT molecular complexity index is 561. The van der Waals surface area contributed by atoms with E-state index in [0.717, 1.165) is 28.1 Å². The van der Waals surface area contributed by atoms with Crippen LogP contribution in [0.1, 0.15) is 24.6 Å². The summed E-state index contributed by atoms with van der Waals surface area (Å²) in [5.41, 5.74) is 2.22. The first-order valence-corrected chi connectivity index (χ1v) is 7.14. The number of imidazole rings is 1. The van der Waals surface area contributed by atoms with E-state index in [0.29, 0.717) is 6.04 Å². The minimum Gasteiger partial charge on any atom is -0.309 e. The normalized spacial score (nSPS) is 19.3. The van der Waals surface area contributed by atoms with Crippen molar-refractivity contribution in [3.63, 3.8) is 0 Å². The van der Waals surface area contributed by atoms with Gasteiger partial charge in [-0.05, 0) is 53.5 Å². The highest BCUT2D eigenvalue weighted by molar-refractivity contribution is 9.10. The van der Waals surface area contributed by atoms with E-state index in [2.05, 4.69) is 30.8 Å². The van der Waals surface area contributed by atoms with Crippen molar-refractivity contribution >= 4 is 27.5 Å².